The second-order valence-corrected chi connectivity index (χ2v) is 7.09. The van der Waals surface area contributed by atoms with Crippen molar-refractivity contribution in [1.82, 2.24) is 10.2 Å². The van der Waals surface area contributed by atoms with Crippen LogP contribution in [0.1, 0.15) is 58.3 Å². The lowest BCUT2D eigenvalue weighted by molar-refractivity contribution is 0.236. The molecule has 2 nitrogen and oxygen atoms in total. The average molecular weight is 250 g/mol. The maximum atomic E-state index is 3.82. The zero-order valence-corrected chi connectivity index (χ0v) is 12.0. The van der Waals surface area contributed by atoms with Crippen molar-refractivity contribution in [3.63, 3.8) is 0 Å². The third kappa shape index (κ3) is 3.96. The van der Waals surface area contributed by atoms with Crippen LogP contribution < -0.4 is 5.32 Å². The second kappa shape index (κ2) is 5.92. The van der Waals surface area contributed by atoms with E-state index in [1.54, 1.807) is 0 Å². The molecule has 0 spiro atoms. The number of rotatable bonds is 7. The summed E-state index contributed by atoms with van der Waals surface area (Å²) >= 11 is 0. The molecule has 3 fully saturated rings. The fourth-order valence-electron chi connectivity index (χ4n) is 3.53. The van der Waals surface area contributed by atoms with Crippen molar-refractivity contribution in [2.45, 2.75) is 70.4 Å². The molecule has 0 aromatic heterocycles. The summed E-state index contributed by atoms with van der Waals surface area (Å²) in [5.41, 5.74) is 0. The summed E-state index contributed by atoms with van der Waals surface area (Å²) in [6.07, 6.45) is 11.6. The first-order chi connectivity index (χ1) is 8.81. The van der Waals surface area contributed by atoms with Gasteiger partial charge in [-0.2, -0.15) is 0 Å². The molecule has 3 rings (SSSR count). The molecule has 0 aromatic carbocycles. The number of hydrogen-bond donors (Lipinski definition) is 1. The molecule has 2 heteroatoms. The molecule has 0 radical (unpaired) electrons. The van der Waals surface area contributed by atoms with Crippen LogP contribution in [0.15, 0.2) is 0 Å². The molecule has 104 valence electrons. The number of hydrogen-bond acceptors (Lipinski definition) is 2. The Bertz CT molecular complexity index is 258. The SMILES string of the molecule is CC1CCCC(NCCN(CC2CC2)C2CC2)C1. The largest absolute Gasteiger partial charge is 0.313 e. The molecule has 0 saturated heterocycles. The van der Waals surface area contributed by atoms with Crippen LogP contribution in [0.25, 0.3) is 0 Å². The first kappa shape index (κ1) is 12.9. The molecule has 3 aliphatic carbocycles. The van der Waals surface area contributed by atoms with E-state index in [2.05, 4.69) is 17.1 Å². The first-order valence-corrected chi connectivity index (χ1v) is 8.28. The Balaban J connectivity index is 1.34. The Hall–Kier alpha value is -0.0800. The summed E-state index contributed by atoms with van der Waals surface area (Å²) in [4.78, 5) is 2.77. The average Bonchev–Trinajstić information content (AvgIpc) is 3.22. The Labute approximate surface area is 113 Å². The van der Waals surface area contributed by atoms with Crippen LogP contribution in [0.2, 0.25) is 0 Å². The van der Waals surface area contributed by atoms with Crippen LogP contribution in [-0.4, -0.2) is 36.6 Å². The maximum Gasteiger partial charge on any atom is 0.0110 e. The van der Waals surface area contributed by atoms with Gasteiger partial charge in [0.25, 0.3) is 0 Å². The zero-order chi connectivity index (χ0) is 12.4. The van der Waals surface area contributed by atoms with E-state index >= 15 is 0 Å². The smallest absolute Gasteiger partial charge is 0.0110 e. The monoisotopic (exact) mass is 250 g/mol. The molecule has 0 heterocycles. The van der Waals surface area contributed by atoms with Crippen LogP contribution in [0.5, 0.6) is 0 Å². The highest BCUT2D eigenvalue weighted by atomic mass is 15.2. The van der Waals surface area contributed by atoms with Crippen molar-refractivity contribution < 1.29 is 0 Å². The molecule has 3 saturated carbocycles. The van der Waals surface area contributed by atoms with Crippen LogP contribution in [0.4, 0.5) is 0 Å². The lowest BCUT2D eigenvalue weighted by atomic mass is 9.87. The maximum absolute atomic E-state index is 3.82. The Morgan fingerprint density at radius 3 is 2.56 bits per heavy atom. The number of nitrogens with one attached hydrogen (secondary N) is 1. The minimum absolute atomic E-state index is 0.815. The van der Waals surface area contributed by atoms with E-state index in [4.69, 9.17) is 0 Å². The van der Waals surface area contributed by atoms with Crippen LogP contribution >= 0.6 is 0 Å². The fraction of sp³-hybridized carbons (Fsp3) is 1.00. The molecular formula is C16H30N2. The van der Waals surface area contributed by atoms with Gasteiger partial charge in [-0.15, -0.1) is 0 Å². The molecule has 2 atom stereocenters. The van der Waals surface area contributed by atoms with E-state index in [9.17, 15) is 0 Å². The fourth-order valence-corrected chi connectivity index (χ4v) is 3.53. The van der Waals surface area contributed by atoms with Crippen molar-refractivity contribution in [1.29, 1.82) is 0 Å². The molecule has 0 aliphatic heterocycles. The summed E-state index contributed by atoms with van der Waals surface area (Å²) in [7, 11) is 0. The second-order valence-electron chi connectivity index (χ2n) is 7.09. The van der Waals surface area contributed by atoms with Crippen LogP contribution in [0.3, 0.4) is 0 Å². The standard InChI is InChI=1S/C16H30N2/c1-13-3-2-4-15(11-13)17-9-10-18(16-7-8-16)12-14-5-6-14/h13-17H,2-12H2,1H3. The molecular weight excluding hydrogens is 220 g/mol. The molecule has 3 aliphatic rings. The van der Waals surface area contributed by atoms with Crippen molar-refractivity contribution in [2.24, 2.45) is 11.8 Å². The van der Waals surface area contributed by atoms with E-state index in [0.29, 0.717) is 0 Å². The Kier molecular flexibility index (Phi) is 4.25. The number of nitrogens with zero attached hydrogens (tertiary/aromatic N) is 1. The van der Waals surface area contributed by atoms with E-state index in [1.807, 2.05) is 0 Å². The predicted octanol–water partition coefficient (Wildman–Crippen LogP) is 3.03. The van der Waals surface area contributed by atoms with E-state index in [0.717, 1.165) is 23.9 Å². The van der Waals surface area contributed by atoms with Gasteiger partial charge < -0.3 is 5.32 Å². The molecule has 0 aromatic rings. The van der Waals surface area contributed by atoms with Gasteiger partial charge in [-0.05, 0) is 50.4 Å². The quantitative estimate of drug-likeness (QED) is 0.747. The summed E-state index contributed by atoms with van der Waals surface area (Å²) in [5, 5.41) is 3.82. The van der Waals surface area contributed by atoms with Crippen molar-refractivity contribution >= 4 is 0 Å². The normalized spacial score (nSPS) is 33.0. The Morgan fingerprint density at radius 2 is 1.89 bits per heavy atom. The lowest BCUT2D eigenvalue weighted by Gasteiger charge is -2.29. The molecule has 1 N–H and O–H groups in total. The zero-order valence-electron chi connectivity index (χ0n) is 12.0. The van der Waals surface area contributed by atoms with Gasteiger partial charge in [-0.25, -0.2) is 0 Å². The highest BCUT2D eigenvalue weighted by molar-refractivity contribution is 4.89. The van der Waals surface area contributed by atoms with Crippen LogP contribution in [-0.2, 0) is 0 Å². The van der Waals surface area contributed by atoms with E-state index in [1.165, 1.54) is 71.0 Å². The molecule has 0 bridgehead atoms. The van der Waals surface area contributed by atoms with Gasteiger partial charge in [0.2, 0.25) is 0 Å². The van der Waals surface area contributed by atoms with Gasteiger partial charge in [0.05, 0.1) is 0 Å². The third-order valence-corrected chi connectivity index (χ3v) is 5.02. The first-order valence-electron chi connectivity index (χ1n) is 8.28. The van der Waals surface area contributed by atoms with Crippen molar-refractivity contribution in [2.75, 3.05) is 19.6 Å². The molecule has 2 unspecified atom stereocenters. The summed E-state index contributed by atoms with van der Waals surface area (Å²) in [6.45, 7) is 6.33. The van der Waals surface area contributed by atoms with E-state index < -0.39 is 0 Å². The predicted molar refractivity (Wildman–Crippen MR) is 76.7 cm³/mol. The molecule has 0 amide bonds. The van der Waals surface area contributed by atoms with Gasteiger partial charge in [0, 0.05) is 31.7 Å². The summed E-state index contributed by atoms with van der Waals surface area (Å²) < 4.78 is 0. The minimum atomic E-state index is 0.815. The highest BCUT2D eigenvalue weighted by Gasteiger charge is 2.33. The van der Waals surface area contributed by atoms with E-state index in [-0.39, 0.29) is 0 Å². The molecule has 18 heavy (non-hydrogen) atoms. The van der Waals surface area contributed by atoms with Gasteiger partial charge in [0.1, 0.15) is 0 Å². The Morgan fingerprint density at radius 1 is 1.06 bits per heavy atom. The van der Waals surface area contributed by atoms with Gasteiger partial charge in [-0.1, -0.05) is 19.8 Å². The lowest BCUT2D eigenvalue weighted by Crippen LogP contribution is -2.40. The minimum Gasteiger partial charge on any atom is -0.313 e. The highest BCUT2D eigenvalue weighted by Crippen LogP contribution is 2.34. The van der Waals surface area contributed by atoms with Crippen molar-refractivity contribution in [3.05, 3.63) is 0 Å². The van der Waals surface area contributed by atoms with Crippen molar-refractivity contribution in [3.8, 4) is 0 Å². The third-order valence-electron chi connectivity index (χ3n) is 5.02. The van der Waals surface area contributed by atoms with Gasteiger partial charge >= 0.3 is 0 Å². The topological polar surface area (TPSA) is 15.3 Å². The van der Waals surface area contributed by atoms with Crippen LogP contribution in [0, 0.1) is 11.8 Å². The van der Waals surface area contributed by atoms with Gasteiger partial charge in [-0.3, -0.25) is 4.90 Å². The summed E-state index contributed by atoms with van der Waals surface area (Å²) in [6, 6.07) is 1.77. The van der Waals surface area contributed by atoms with Gasteiger partial charge in [0.15, 0.2) is 0 Å². The summed E-state index contributed by atoms with van der Waals surface area (Å²) in [5.74, 6) is 2.00.